The summed E-state index contributed by atoms with van der Waals surface area (Å²) in [6.07, 6.45) is 0.786. The molecule has 0 saturated carbocycles. The third-order valence-electron chi connectivity index (χ3n) is 3.23. The number of aliphatic hydroxyl groups excluding tert-OH is 1. The van der Waals surface area contributed by atoms with E-state index < -0.39 is 0 Å². The standard InChI is InChI=1S/C16H23NO4/c1-13(16(20)21-2)12-17(9-6-10-18)15(19)11-14-7-4-3-5-8-14/h3-5,7-8,13,18H,6,9-12H2,1-2H3. The maximum atomic E-state index is 12.4. The van der Waals surface area contributed by atoms with Gasteiger partial charge in [0.05, 0.1) is 19.4 Å². The quantitative estimate of drug-likeness (QED) is 0.733. The molecule has 0 aliphatic carbocycles. The molecule has 0 aromatic heterocycles. The number of nitrogens with zero attached hydrogens (tertiary/aromatic N) is 1. The summed E-state index contributed by atoms with van der Waals surface area (Å²) in [4.78, 5) is 25.5. The van der Waals surface area contributed by atoms with Crippen molar-refractivity contribution in [2.24, 2.45) is 5.92 Å². The van der Waals surface area contributed by atoms with Gasteiger partial charge in [-0.1, -0.05) is 37.3 Å². The Bertz CT molecular complexity index is 447. The van der Waals surface area contributed by atoms with Gasteiger partial charge in [0.1, 0.15) is 0 Å². The lowest BCUT2D eigenvalue weighted by molar-refractivity contribution is -0.146. The molecule has 0 aliphatic rings. The molecule has 116 valence electrons. The molecular weight excluding hydrogens is 270 g/mol. The highest BCUT2D eigenvalue weighted by molar-refractivity contribution is 5.80. The summed E-state index contributed by atoms with van der Waals surface area (Å²) >= 11 is 0. The lowest BCUT2D eigenvalue weighted by Gasteiger charge is -2.25. The van der Waals surface area contributed by atoms with Crippen molar-refractivity contribution in [3.8, 4) is 0 Å². The molecule has 1 N–H and O–H groups in total. The highest BCUT2D eigenvalue weighted by Crippen LogP contribution is 2.08. The monoisotopic (exact) mass is 293 g/mol. The minimum absolute atomic E-state index is 0.0156. The predicted octanol–water partition coefficient (Wildman–Crippen LogP) is 1.25. The fourth-order valence-corrected chi connectivity index (χ4v) is 2.07. The summed E-state index contributed by atoms with van der Waals surface area (Å²) in [6.45, 7) is 2.48. The van der Waals surface area contributed by atoms with Gasteiger partial charge in [-0.05, 0) is 12.0 Å². The van der Waals surface area contributed by atoms with Crippen LogP contribution in [-0.4, -0.2) is 48.7 Å². The topological polar surface area (TPSA) is 66.8 Å². The molecule has 0 bridgehead atoms. The number of hydrogen-bond donors (Lipinski definition) is 1. The molecule has 0 fully saturated rings. The molecule has 5 heteroatoms. The molecular formula is C16H23NO4. The maximum Gasteiger partial charge on any atom is 0.310 e. The summed E-state index contributed by atoms with van der Waals surface area (Å²) in [6, 6.07) is 9.46. The molecule has 21 heavy (non-hydrogen) atoms. The molecule has 0 heterocycles. The average molecular weight is 293 g/mol. The first-order valence-electron chi connectivity index (χ1n) is 7.08. The predicted molar refractivity (Wildman–Crippen MR) is 79.6 cm³/mol. The molecule has 1 amide bonds. The van der Waals surface area contributed by atoms with Crippen molar-refractivity contribution < 1.29 is 19.4 Å². The number of carbonyl (C=O) groups excluding carboxylic acids is 2. The zero-order valence-electron chi connectivity index (χ0n) is 12.6. The maximum absolute atomic E-state index is 12.4. The van der Waals surface area contributed by atoms with E-state index in [2.05, 4.69) is 4.74 Å². The van der Waals surface area contributed by atoms with E-state index >= 15 is 0 Å². The molecule has 1 unspecified atom stereocenters. The van der Waals surface area contributed by atoms with E-state index in [0.29, 0.717) is 25.9 Å². The number of rotatable bonds is 8. The van der Waals surface area contributed by atoms with E-state index in [0.717, 1.165) is 5.56 Å². The number of aliphatic hydroxyl groups is 1. The minimum Gasteiger partial charge on any atom is -0.469 e. The summed E-state index contributed by atoms with van der Waals surface area (Å²) in [7, 11) is 1.34. The average Bonchev–Trinajstić information content (AvgIpc) is 2.51. The molecule has 1 aromatic carbocycles. The zero-order valence-corrected chi connectivity index (χ0v) is 12.6. The van der Waals surface area contributed by atoms with Crippen molar-refractivity contribution in [2.75, 3.05) is 26.8 Å². The number of esters is 1. The van der Waals surface area contributed by atoms with Gasteiger partial charge in [-0.2, -0.15) is 0 Å². The Labute approximate surface area is 125 Å². The number of carbonyl (C=O) groups is 2. The molecule has 1 rings (SSSR count). The van der Waals surface area contributed by atoms with Crippen LogP contribution in [-0.2, 0) is 20.7 Å². The largest absolute Gasteiger partial charge is 0.469 e. The van der Waals surface area contributed by atoms with Crippen molar-refractivity contribution in [1.82, 2.24) is 4.90 Å². The number of benzene rings is 1. The molecule has 0 aliphatic heterocycles. The third-order valence-corrected chi connectivity index (χ3v) is 3.23. The van der Waals surface area contributed by atoms with Crippen LogP contribution in [0.3, 0.4) is 0 Å². The van der Waals surface area contributed by atoms with Gasteiger partial charge >= 0.3 is 5.97 Å². The van der Waals surface area contributed by atoms with E-state index in [1.54, 1.807) is 11.8 Å². The fraction of sp³-hybridized carbons (Fsp3) is 0.500. The van der Waals surface area contributed by atoms with Gasteiger partial charge in [0.2, 0.25) is 5.91 Å². The van der Waals surface area contributed by atoms with Crippen LogP contribution in [0.25, 0.3) is 0 Å². The van der Waals surface area contributed by atoms with Crippen LogP contribution < -0.4 is 0 Å². The van der Waals surface area contributed by atoms with Gasteiger partial charge in [-0.15, -0.1) is 0 Å². The van der Waals surface area contributed by atoms with Crippen LogP contribution in [0, 0.1) is 5.92 Å². The summed E-state index contributed by atoms with van der Waals surface area (Å²) < 4.78 is 4.69. The Balaban J connectivity index is 2.67. The summed E-state index contributed by atoms with van der Waals surface area (Å²) in [5.41, 5.74) is 0.933. The molecule has 0 radical (unpaired) electrons. The molecule has 1 atom stereocenters. The third kappa shape index (κ3) is 5.95. The second-order valence-corrected chi connectivity index (χ2v) is 5.00. The first-order chi connectivity index (χ1) is 10.1. The van der Waals surface area contributed by atoms with Crippen LogP contribution in [0.5, 0.6) is 0 Å². The molecule has 5 nitrogen and oxygen atoms in total. The van der Waals surface area contributed by atoms with Crippen LogP contribution >= 0.6 is 0 Å². The smallest absolute Gasteiger partial charge is 0.310 e. The van der Waals surface area contributed by atoms with Crippen LogP contribution in [0.2, 0.25) is 0 Å². The second kappa shape index (κ2) is 9.13. The summed E-state index contributed by atoms with van der Waals surface area (Å²) in [5, 5.41) is 8.95. The van der Waals surface area contributed by atoms with Gasteiger partial charge in [0.15, 0.2) is 0 Å². The SMILES string of the molecule is COC(=O)C(C)CN(CCCO)C(=O)Cc1ccccc1. The van der Waals surface area contributed by atoms with Crippen LogP contribution in [0.15, 0.2) is 30.3 Å². The van der Waals surface area contributed by atoms with E-state index in [4.69, 9.17) is 5.11 Å². The number of hydrogen-bond acceptors (Lipinski definition) is 4. The Morgan fingerprint density at radius 2 is 1.95 bits per heavy atom. The van der Waals surface area contributed by atoms with E-state index in [9.17, 15) is 9.59 Å². The highest BCUT2D eigenvalue weighted by atomic mass is 16.5. The number of methoxy groups -OCH3 is 1. The lowest BCUT2D eigenvalue weighted by atomic mass is 10.1. The molecule has 0 spiro atoms. The summed E-state index contributed by atoms with van der Waals surface area (Å²) in [5.74, 6) is -0.768. The van der Waals surface area contributed by atoms with Gasteiger partial charge in [-0.3, -0.25) is 9.59 Å². The first kappa shape index (κ1) is 17.2. The number of ether oxygens (including phenoxy) is 1. The van der Waals surface area contributed by atoms with Gasteiger partial charge < -0.3 is 14.7 Å². The highest BCUT2D eigenvalue weighted by Gasteiger charge is 2.21. The Morgan fingerprint density at radius 1 is 1.29 bits per heavy atom. The van der Waals surface area contributed by atoms with Crippen molar-refractivity contribution in [1.29, 1.82) is 0 Å². The van der Waals surface area contributed by atoms with E-state index in [-0.39, 0.29) is 24.4 Å². The van der Waals surface area contributed by atoms with Crippen molar-refractivity contribution in [3.05, 3.63) is 35.9 Å². The first-order valence-corrected chi connectivity index (χ1v) is 7.08. The fourth-order valence-electron chi connectivity index (χ4n) is 2.07. The lowest BCUT2D eigenvalue weighted by Crippen LogP contribution is -2.39. The van der Waals surface area contributed by atoms with E-state index in [1.807, 2.05) is 30.3 Å². The molecule has 0 saturated heterocycles. The van der Waals surface area contributed by atoms with Gasteiger partial charge in [-0.25, -0.2) is 0 Å². The van der Waals surface area contributed by atoms with Crippen molar-refractivity contribution >= 4 is 11.9 Å². The van der Waals surface area contributed by atoms with Crippen molar-refractivity contribution in [2.45, 2.75) is 19.8 Å². The Morgan fingerprint density at radius 3 is 2.52 bits per heavy atom. The van der Waals surface area contributed by atoms with E-state index in [1.165, 1.54) is 7.11 Å². The second-order valence-electron chi connectivity index (χ2n) is 5.00. The normalized spacial score (nSPS) is 11.8. The molecule has 1 aromatic rings. The number of amides is 1. The zero-order chi connectivity index (χ0) is 15.7. The Hall–Kier alpha value is -1.88. The Kier molecular flexibility index (Phi) is 7.46. The minimum atomic E-state index is -0.381. The van der Waals surface area contributed by atoms with Crippen LogP contribution in [0.1, 0.15) is 18.9 Å². The van der Waals surface area contributed by atoms with Gasteiger partial charge in [0, 0.05) is 19.7 Å². The van der Waals surface area contributed by atoms with Crippen molar-refractivity contribution in [3.63, 3.8) is 0 Å². The van der Waals surface area contributed by atoms with Gasteiger partial charge in [0.25, 0.3) is 0 Å². The van der Waals surface area contributed by atoms with Crippen LogP contribution in [0.4, 0.5) is 0 Å².